The van der Waals surface area contributed by atoms with Crippen LogP contribution >= 0.6 is 0 Å². The molecule has 25 heavy (non-hydrogen) atoms. The van der Waals surface area contributed by atoms with Crippen molar-refractivity contribution in [2.24, 2.45) is 0 Å². The topological polar surface area (TPSA) is 43.9 Å². The fourth-order valence-corrected chi connectivity index (χ4v) is 3.71. The molecule has 0 N–H and O–H groups in total. The Morgan fingerprint density at radius 2 is 1.48 bits per heavy atom. The summed E-state index contributed by atoms with van der Waals surface area (Å²) in [6.45, 7) is 7.82. The molecule has 0 aliphatic carbocycles. The van der Waals surface area contributed by atoms with Crippen molar-refractivity contribution >= 4 is 11.8 Å². The second-order valence-electron chi connectivity index (χ2n) is 7.16. The Hall–Kier alpha value is -1.88. The van der Waals surface area contributed by atoms with Crippen molar-refractivity contribution in [2.75, 3.05) is 45.8 Å². The van der Waals surface area contributed by atoms with E-state index in [1.165, 1.54) is 12.8 Å². The standard InChI is InChI=1S/C20H29N3O2/c1-17-6-2-3-7-18(17)16-20(25)23-14-12-22(13-15-23)19(24)8-11-21-9-4-5-10-21/h2-3,6-7H,4-5,8-16H2,1H3. The van der Waals surface area contributed by atoms with Crippen molar-refractivity contribution in [1.82, 2.24) is 14.7 Å². The number of hydrogen-bond acceptors (Lipinski definition) is 3. The van der Waals surface area contributed by atoms with Crippen LogP contribution in [0.2, 0.25) is 0 Å². The Bertz CT molecular complexity index is 603. The van der Waals surface area contributed by atoms with Gasteiger partial charge in [0, 0.05) is 39.1 Å². The van der Waals surface area contributed by atoms with Gasteiger partial charge in [0.15, 0.2) is 0 Å². The molecule has 0 atom stereocenters. The molecular formula is C20H29N3O2. The van der Waals surface area contributed by atoms with E-state index in [1.54, 1.807) is 0 Å². The molecule has 2 heterocycles. The van der Waals surface area contributed by atoms with Crippen molar-refractivity contribution in [3.8, 4) is 0 Å². The fourth-order valence-electron chi connectivity index (χ4n) is 3.71. The molecule has 2 amide bonds. The number of benzene rings is 1. The molecule has 1 aromatic carbocycles. The first-order chi connectivity index (χ1) is 12.1. The molecule has 1 aromatic rings. The predicted molar refractivity (Wildman–Crippen MR) is 98.3 cm³/mol. The van der Waals surface area contributed by atoms with Crippen LogP contribution < -0.4 is 0 Å². The maximum absolute atomic E-state index is 12.5. The van der Waals surface area contributed by atoms with Crippen LogP contribution in [0.5, 0.6) is 0 Å². The Labute approximate surface area is 150 Å². The van der Waals surface area contributed by atoms with E-state index in [-0.39, 0.29) is 11.8 Å². The van der Waals surface area contributed by atoms with E-state index in [4.69, 9.17) is 0 Å². The number of likely N-dealkylation sites (tertiary alicyclic amines) is 1. The lowest BCUT2D eigenvalue weighted by molar-refractivity contribution is -0.139. The minimum absolute atomic E-state index is 0.165. The first-order valence-corrected chi connectivity index (χ1v) is 9.46. The fraction of sp³-hybridized carbons (Fsp3) is 0.600. The molecule has 0 unspecified atom stereocenters. The smallest absolute Gasteiger partial charge is 0.227 e. The van der Waals surface area contributed by atoms with Crippen molar-refractivity contribution in [3.63, 3.8) is 0 Å². The average Bonchev–Trinajstić information content (AvgIpc) is 3.15. The summed E-state index contributed by atoms with van der Waals surface area (Å²) >= 11 is 0. The van der Waals surface area contributed by atoms with Gasteiger partial charge in [-0.25, -0.2) is 0 Å². The number of nitrogens with zero attached hydrogens (tertiary/aromatic N) is 3. The van der Waals surface area contributed by atoms with Crippen LogP contribution in [-0.4, -0.2) is 72.3 Å². The highest BCUT2D eigenvalue weighted by atomic mass is 16.2. The van der Waals surface area contributed by atoms with Crippen molar-refractivity contribution < 1.29 is 9.59 Å². The molecule has 0 bridgehead atoms. The van der Waals surface area contributed by atoms with E-state index >= 15 is 0 Å². The van der Waals surface area contributed by atoms with Gasteiger partial charge in [0.2, 0.25) is 11.8 Å². The van der Waals surface area contributed by atoms with Gasteiger partial charge >= 0.3 is 0 Å². The van der Waals surface area contributed by atoms with E-state index in [1.807, 2.05) is 41.0 Å². The summed E-state index contributed by atoms with van der Waals surface area (Å²) in [5, 5.41) is 0. The summed E-state index contributed by atoms with van der Waals surface area (Å²) in [6, 6.07) is 8.04. The molecule has 136 valence electrons. The van der Waals surface area contributed by atoms with Gasteiger partial charge in [-0.1, -0.05) is 24.3 Å². The molecule has 0 radical (unpaired) electrons. The number of amides is 2. The highest BCUT2D eigenvalue weighted by Crippen LogP contribution is 2.12. The van der Waals surface area contributed by atoms with Gasteiger partial charge in [0.25, 0.3) is 0 Å². The first-order valence-electron chi connectivity index (χ1n) is 9.46. The van der Waals surface area contributed by atoms with Crippen LogP contribution in [-0.2, 0) is 16.0 Å². The van der Waals surface area contributed by atoms with E-state index in [2.05, 4.69) is 4.90 Å². The molecule has 2 fully saturated rings. The Balaban J connectivity index is 1.42. The van der Waals surface area contributed by atoms with Crippen LogP contribution in [0.25, 0.3) is 0 Å². The van der Waals surface area contributed by atoms with Gasteiger partial charge in [0.1, 0.15) is 0 Å². The number of hydrogen-bond donors (Lipinski definition) is 0. The van der Waals surface area contributed by atoms with E-state index < -0.39 is 0 Å². The Morgan fingerprint density at radius 3 is 2.12 bits per heavy atom. The van der Waals surface area contributed by atoms with Crippen LogP contribution in [0.15, 0.2) is 24.3 Å². The number of carbonyl (C=O) groups is 2. The lowest BCUT2D eigenvalue weighted by Crippen LogP contribution is -2.51. The molecule has 2 aliphatic heterocycles. The number of piperazine rings is 1. The minimum atomic E-state index is 0.165. The molecule has 2 aliphatic rings. The molecule has 5 heteroatoms. The summed E-state index contributed by atoms with van der Waals surface area (Å²) in [7, 11) is 0. The molecule has 0 aromatic heterocycles. The molecule has 3 rings (SSSR count). The first kappa shape index (κ1) is 17.9. The summed E-state index contributed by atoms with van der Waals surface area (Å²) < 4.78 is 0. The quantitative estimate of drug-likeness (QED) is 0.817. The highest BCUT2D eigenvalue weighted by molar-refractivity contribution is 5.80. The zero-order valence-corrected chi connectivity index (χ0v) is 15.2. The van der Waals surface area contributed by atoms with Gasteiger partial charge in [-0.05, 0) is 44.0 Å². The summed E-state index contributed by atoms with van der Waals surface area (Å²) in [4.78, 5) is 31.1. The number of carbonyl (C=O) groups excluding carboxylic acids is 2. The second kappa shape index (κ2) is 8.48. The zero-order valence-electron chi connectivity index (χ0n) is 15.2. The van der Waals surface area contributed by atoms with Gasteiger partial charge < -0.3 is 14.7 Å². The molecule has 5 nitrogen and oxygen atoms in total. The van der Waals surface area contributed by atoms with Crippen LogP contribution in [0.4, 0.5) is 0 Å². The maximum Gasteiger partial charge on any atom is 0.227 e. The number of aryl methyl sites for hydroxylation is 1. The Morgan fingerprint density at radius 1 is 0.880 bits per heavy atom. The van der Waals surface area contributed by atoms with Crippen molar-refractivity contribution in [3.05, 3.63) is 35.4 Å². The summed E-state index contributed by atoms with van der Waals surface area (Å²) in [5.41, 5.74) is 2.25. The van der Waals surface area contributed by atoms with Gasteiger partial charge in [-0.3, -0.25) is 9.59 Å². The van der Waals surface area contributed by atoms with Crippen molar-refractivity contribution in [2.45, 2.75) is 32.6 Å². The number of rotatable bonds is 5. The molecule has 0 saturated carbocycles. The summed E-state index contributed by atoms with van der Waals surface area (Å²) in [6.07, 6.45) is 3.58. The van der Waals surface area contributed by atoms with E-state index in [9.17, 15) is 9.59 Å². The average molecular weight is 343 g/mol. The molecule has 0 spiro atoms. The third kappa shape index (κ3) is 4.82. The highest BCUT2D eigenvalue weighted by Gasteiger charge is 2.24. The van der Waals surface area contributed by atoms with Gasteiger partial charge in [0.05, 0.1) is 6.42 Å². The normalized spacial score (nSPS) is 18.6. The summed E-state index contributed by atoms with van der Waals surface area (Å²) in [5.74, 6) is 0.399. The maximum atomic E-state index is 12.5. The third-order valence-electron chi connectivity index (χ3n) is 5.43. The predicted octanol–water partition coefficient (Wildman–Crippen LogP) is 1.69. The van der Waals surface area contributed by atoms with Gasteiger partial charge in [-0.2, -0.15) is 0 Å². The van der Waals surface area contributed by atoms with E-state index in [0.29, 0.717) is 39.0 Å². The largest absolute Gasteiger partial charge is 0.339 e. The van der Waals surface area contributed by atoms with Gasteiger partial charge in [-0.15, -0.1) is 0 Å². The van der Waals surface area contributed by atoms with Crippen LogP contribution in [0.1, 0.15) is 30.4 Å². The molecule has 2 saturated heterocycles. The second-order valence-corrected chi connectivity index (χ2v) is 7.16. The van der Waals surface area contributed by atoms with Crippen LogP contribution in [0, 0.1) is 6.92 Å². The zero-order chi connectivity index (χ0) is 17.6. The SMILES string of the molecule is Cc1ccccc1CC(=O)N1CCN(C(=O)CCN2CCCC2)CC1. The lowest BCUT2D eigenvalue weighted by atomic mass is 10.1. The monoisotopic (exact) mass is 343 g/mol. The van der Waals surface area contributed by atoms with E-state index in [0.717, 1.165) is 30.8 Å². The Kier molecular flexibility index (Phi) is 6.08. The minimum Gasteiger partial charge on any atom is -0.339 e. The third-order valence-corrected chi connectivity index (χ3v) is 5.43. The van der Waals surface area contributed by atoms with Crippen LogP contribution in [0.3, 0.4) is 0 Å². The lowest BCUT2D eigenvalue weighted by Gasteiger charge is -2.35. The van der Waals surface area contributed by atoms with Crippen molar-refractivity contribution in [1.29, 1.82) is 0 Å². The molecular weight excluding hydrogens is 314 g/mol.